The second-order valence-corrected chi connectivity index (χ2v) is 7.75. The smallest absolute Gasteiger partial charge is 0.0400 e. The molecular formula is C18H31BrN2. The Morgan fingerprint density at radius 1 is 1.10 bits per heavy atom. The summed E-state index contributed by atoms with van der Waals surface area (Å²) in [5.74, 6) is 1.31. The number of hydrogen-bond acceptors (Lipinski definition) is 2. The quantitative estimate of drug-likeness (QED) is 0.722. The van der Waals surface area contributed by atoms with Crippen LogP contribution < -0.4 is 10.6 Å². The van der Waals surface area contributed by atoms with E-state index in [1.165, 1.54) is 11.3 Å². The molecule has 0 aliphatic rings. The summed E-state index contributed by atoms with van der Waals surface area (Å²) in [5, 5.41) is 0. The monoisotopic (exact) mass is 354 g/mol. The van der Waals surface area contributed by atoms with Gasteiger partial charge in [-0.25, -0.2) is 0 Å². The Morgan fingerprint density at radius 3 is 2.14 bits per heavy atom. The summed E-state index contributed by atoms with van der Waals surface area (Å²) < 4.78 is 1.14. The van der Waals surface area contributed by atoms with Crippen LogP contribution in [0.4, 0.5) is 5.69 Å². The third-order valence-electron chi connectivity index (χ3n) is 3.56. The highest BCUT2D eigenvalue weighted by atomic mass is 79.9. The fraction of sp³-hybridized carbons (Fsp3) is 0.667. The Labute approximate surface area is 139 Å². The molecule has 3 heteroatoms. The van der Waals surface area contributed by atoms with E-state index >= 15 is 0 Å². The Kier molecular flexibility index (Phi) is 7.75. The molecule has 1 atom stereocenters. The van der Waals surface area contributed by atoms with E-state index in [1.54, 1.807) is 0 Å². The lowest BCUT2D eigenvalue weighted by Gasteiger charge is -2.31. The third kappa shape index (κ3) is 6.39. The van der Waals surface area contributed by atoms with Gasteiger partial charge in [-0.2, -0.15) is 0 Å². The van der Waals surface area contributed by atoms with Crippen LogP contribution in [0.2, 0.25) is 0 Å². The number of rotatable bonds is 8. The lowest BCUT2D eigenvalue weighted by atomic mass is 10.0. The van der Waals surface area contributed by atoms with Crippen molar-refractivity contribution in [1.29, 1.82) is 0 Å². The number of nitrogens with zero attached hydrogens (tertiary/aromatic N) is 1. The minimum absolute atomic E-state index is 0.234. The van der Waals surface area contributed by atoms with Crippen molar-refractivity contribution in [2.45, 2.75) is 53.5 Å². The highest BCUT2D eigenvalue weighted by molar-refractivity contribution is 9.10. The van der Waals surface area contributed by atoms with Gasteiger partial charge in [0.05, 0.1) is 0 Å². The van der Waals surface area contributed by atoms with Gasteiger partial charge in [0, 0.05) is 29.3 Å². The first kappa shape index (κ1) is 18.5. The van der Waals surface area contributed by atoms with Crippen molar-refractivity contribution >= 4 is 21.6 Å². The zero-order valence-corrected chi connectivity index (χ0v) is 15.8. The van der Waals surface area contributed by atoms with E-state index in [9.17, 15) is 0 Å². The number of nitrogens with two attached hydrogens (primary N) is 1. The van der Waals surface area contributed by atoms with Crippen molar-refractivity contribution in [1.82, 2.24) is 0 Å². The molecular weight excluding hydrogens is 324 g/mol. The lowest BCUT2D eigenvalue weighted by molar-refractivity contribution is 0.549. The summed E-state index contributed by atoms with van der Waals surface area (Å²) in [5.41, 5.74) is 8.91. The summed E-state index contributed by atoms with van der Waals surface area (Å²) in [6, 6.07) is 6.85. The van der Waals surface area contributed by atoms with Crippen molar-refractivity contribution in [3.8, 4) is 0 Å². The van der Waals surface area contributed by atoms with Gasteiger partial charge < -0.3 is 10.6 Å². The summed E-state index contributed by atoms with van der Waals surface area (Å²) >= 11 is 3.60. The predicted octanol–water partition coefficient (Wildman–Crippen LogP) is 4.85. The standard InChI is InChI=1S/C18H31BrN2/c1-6-17(20)10-15-9-16(19)7-8-18(15)21(11-13(2)3)12-14(4)5/h7-9,13-14,17H,6,10-12,20H2,1-5H3. The van der Waals surface area contributed by atoms with E-state index in [2.05, 4.69) is 73.6 Å². The molecule has 1 aromatic carbocycles. The van der Waals surface area contributed by atoms with Gasteiger partial charge in [0.1, 0.15) is 0 Å². The molecule has 0 aliphatic carbocycles. The first-order valence-electron chi connectivity index (χ1n) is 8.12. The zero-order valence-electron chi connectivity index (χ0n) is 14.2. The molecule has 0 saturated heterocycles. The van der Waals surface area contributed by atoms with Crippen LogP contribution in [0.5, 0.6) is 0 Å². The normalized spacial score (nSPS) is 13.0. The molecule has 0 spiro atoms. The molecule has 0 aliphatic heterocycles. The van der Waals surface area contributed by atoms with Crippen LogP contribution in [0.15, 0.2) is 22.7 Å². The van der Waals surface area contributed by atoms with Gasteiger partial charge in [-0.15, -0.1) is 0 Å². The van der Waals surface area contributed by atoms with Crippen molar-refractivity contribution in [2.24, 2.45) is 17.6 Å². The van der Waals surface area contributed by atoms with Crippen LogP contribution in [-0.4, -0.2) is 19.1 Å². The van der Waals surface area contributed by atoms with Crippen LogP contribution >= 0.6 is 15.9 Å². The second kappa shape index (κ2) is 8.79. The van der Waals surface area contributed by atoms with Gasteiger partial charge in [-0.3, -0.25) is 0 Å². The second-order valence-electron chi connectivity index (χ2n) is 6.84. The van der Waals surface area contributed by atoms with Gasteiger partial charge in [0.2, 0.25) is 0 Å². The zero-order chi connectivity index (χ0) is 16.0. The summed E-state index contributed by atoms with van der Waals surface area (Å²) in [6.45, 7) is 13.5. The SMILES string of the molecule is CCC(N)Cc1cc(Br)ccc1N(CC(C)C)CC(C)C. The van der Waals surface area contributed by atoms with Crippen molar-refractivity contribution < 1.29 is 0 Å². The van der Waals surface area contributed by atoms with E-state index < -0.39 is 0 Å². The molecule has 2 N–H and O–H groups in total. The van der Waals surface area contributed by atoms with Crippen LogP contribution in [0.25, 0.3) is 0 Å². The first-order chi connectivity index (χ1) is 9.83. The molecule has 2 nitrogen and oxygen atoms in total. The van der Waals surface area contributed by atoms with E-state index in [-0.39, 0.29) is 6.04 Å². The number of halogens is 1. The first-order valence-corrected chi connectivity index (χ1v) is 8.91. The van der Waals surface area contributed by atoms with Crippen molar-refractivity contribution in [2.75, 3.05) is 18.0 Å². The maximum absolute atomic E-state index is 6.19. The average molecular weight is 355 g/mol. The van der Waals surface area contributed by atoms with E-state index in [0.29, 0.717) is 11.8 Å². The van der Waals surface area contributed by atoms with E-state index in [1.807, 2.05) is 0 Å². The molecule has 0 fully saturated rings. The molecule has 0 bridgehead atoms. The van der Waals surface area contributed by atoms with Crippen LogP contribution in [0.3, 0.4) is 0 Å². The van der Waals surface area contributed by atoms with E-state index in [4.69, 9.17) is 5.73 Å². The molecule has 0 amide bonds. The molecule has 0 saturated carbocycles. The Balaban J connectivity index is 3.09. The van der Waals surface area contributed by atoms with E-state index in [0.717, 1.165) is 30.4 Å². The molecule has 21 heavy (non-hydrogen) atoms. The van der Waals surface area contributed by atoms with Crippen molar-refractivity contribution in [3.63, 3.8) is 0 Å². The minimum Gasteiger partial charge on any atom is -0.371 e. The molecule has 0 radical (unpaired) electrons. The molecule has 1 aromatic rings. The summed E-state index contributed by atoms with van der Waals surface area (Å²) in [6.07, 6.45) is 1.96. The molecule has 1 unspecified atom stereocenters. The third-order valence-corrected chi connectivity index (χ3v) is 4.05. The minimum atomic E-state index is 0.234. The number of anilines is 1. The Bertz CT molecular complexity index is 419. The molecule has 0 heterocycles. The highest BCUT2D eigenvalue weighted by Crippen LogP contribution is 2.27. The maximum atomic E-state index is 6.19. The molecule has 1 rings (SSSR count). The predicted molar refractivity (Wildman–Crippen MR) is 98.0 cm³/mol. The van der Waals surface area contributed by atoms with Gasteiger partial charge in [-0.05, 0) is 48.4 Å². The fourth-order valence-electron chi connectivity index (χ4n) is 2.61. The number of benzene rings is 1. The van der Waals surface area contributed by atoms with Crippen LogP contribution in [-0.2, 0) is 6.42 Å². The fourth-order valence-corrected chi connectivity index (χ4v) is 3.01. The van der Waals surface area contributed by atoms with Crippen LogP contribution in [0.1, 0.15) is 46.6 Å². The molecule has 0 aromatic heterocycles. The van der Waals surface area contributed by atoms with Gasteiger partial charge in [-0.1, -0.05) is 50.5 Å². The van der Waals surface area contributed by atoms with Crippen LogP contribution in [0, 0.1) is 11.8 Å². The van der Waals surface area contributed by atoms with Gasteiger partial charge >= 0.3 is 0 Å². The average Bonchev–Trinajstić information content (AvgIpc) is 2.36. The maximum Gasteiger partial charge on any atom is 0.0400 e. The largest absolute Gasteiger partial charge is 0.371 e. The van der Waals surface area contributed by atoms with Gasteiger partial charge in [0.25, 0.3) is 0 Å². The topological polar surface area (TPSA) is 29.3 Å². The lowest BCUT2D eigenvalue weighted by Crippen LogP contribution is -2.33. The summed E-state index contributed by atoms with van der Waals surface area (Å²) in [4.78, 5) is 2.53. The van der Waals surface area contributed by atoms with Crippen molar-refractivity contribution in [3.05, 3.63) is 28.2 Å². The Hall–Kier alpha value is -0.540. The molecule has 120 valence electrons. The van der Waals surface area contributed by atoms with Gasteiger partial charge in [0.15, 0.2) is 0 Å². The highest BCUT2D eigenvalue weighted by Gasteiger charge is 2.16. The number of hydrogen-bond donors (Lipinski definition) is 1. The summed E-state index contributed by atoms with van der Waals surface area (Å²) in [7, 11) is 0. The Morgan fingerprint density at radius 2 is 1.67 bits per heavy atom.